The van der Waals surface area contributed by atoms with Crippen LogP contribution in [0.25, 0.3) is 22.3 Å². The fourth-order valence-corrected chi connectivity index (χ4v) is 17.9. The summed E-state index contributed by atoms with van der Waals surface area (Å²) in [6.45, 7) is -0.00948. The van der Waals surface area contributed by atoms with Gasteiger partial charge in [0.1, 0.15) is 0 Å². The Labute approximate surface area is 464 Å². The second kappa shape index (κ2) is 15.5. The summed E-state index contributed by atoms with van der Waals surface area (Å²) in [5, 5.41) is 0. The summed E-state index contributed by atoms with van der Waals surface area (Å²) in [6.07, 6.45) is 0. The second-order valence-electron chi connectivity index (χ2n) is 21.6. The summed E-state index contributed by atoms with van der Waals surface area (Å²) in [5.74, 6) is 0. The van der Waals surface area contributed by atoms with Crippen molar-refractivity contribution in [2.75, 3.05) is 29.4 Å². The van der Waals surface area contributed by atoms with E-state index >= 15 is 0 Å². The first-order valence-corrected chi connectivity index (χ1v) is 29.1. The van der Waals surface area contributed by atoms with Crippen LogP contribution in [0.2, 0.25) is 0 Å². The molecule has 364 valence electrons. The summed E-state index contributed by atoms with van der Waals surface area (Å²) in [5.41, 5.74) is 32.4. The minimum absolute atomic E-state index is 0.000519. The molecule has 0 saturated heterocycles. The van der Waals surface area contributed by atoms with Gasteiger partial charge in [-0.2, -0.15) is 0 Å². The first kappa shape index (κ1) is 42.5. The van der Waals surface area contributed by atoms with Crippen LogP contribution in [0.3, 0.4) is 0 Å². The standard InChI is InChI=1S/C70H42B2N6Se/c1-5-19-43(20-6-1)45-34-36-51-50(41-45)72-64-59(38-39-60-65(64)75(51)54-29-15-13-27-52(54)73(60)47-23-9-3-10-24-47)77-57-32-18-17-31-56(57)76-58-37-40-61-66-63(58)71(69-67(76)68(77)70(72)79-69)49-35-33-46(44-21-7-2-8-22-44)42-62(49)78(66)55-30-16-14-28-53(55)74(61)48-25-11-4-12-26-48/h1-42H. The molecular formula is C70H42B2N6Se. The van der Waals surface area contributed by atoms with Gasteiger partial charge in [-0.05, 0) is 0 Å². The predicted molar refractivity (Wildman–Crippen MR) is 332 cm³/mol. The molecule has 11 aromatic carbocycles. The number of nitrogens with zero attached hydrogens (tertiary/aromatic N) is 6. The summed E-state index contributed by atoms with van der Waals surface area (Å²) >= 11 is -0.101. The molecular weight excluding hydrogens is 1030 g/mol. The number of rotatable bonds is 4. The molecule has 12 aromatic rings. The Hall–Kier alpha value is -9.65. The van der Waals surface area contributed by atoms with E-state index in [1.807, 2.05) is 0 Å². The third-order valence-electron chi connectivity index (χ3n) is 17.7. The van der Waals surface area contributed by atoms with E-state index in [2.05, 4.69) is 284 Å². The molecule has 8 heterocycles. The van der Waals surface area contributed by atoms with E-state index in [0.29, 0.717) is 0 Å². The first-order chi connectivity index (χ1) is 39.3. The molecule has 0 radical (unpaired) electrons. The van der Waals surface area contributed by atoms with E-state index in [9.17, 15) is 0 Å². The van der Waals surface area contributed by atoms with Crippen molar-refractivity contribution in [1.82, 2.24) is 0 Å². The summed E-state index contributed by atoms with van der Waals surface area (Å²) in [6, 6.07) is 95.6. The Morgan fingerprint density at radius 1 is 0.228 bits per heavy atom. The molecule has 0 bridgehead atoms. The monoisotopic (exact) mass is 1070 g/mol. The van der Waals surface area contributed by atoms with Crippen LogP contribution in [0, 0.1) is 0 Å². The minimum atomic E-state index is -0.101. The van der Waals surface area contributed by atoms with Crippen LogP contribution in [0.4, 0.5) is 102 Å². The van der Waals surface area contributed by atoms with E-state index in [-0.39, 0.29) is 27.9 Å². The Morgan fingerprint density at radius 2 is 0.582 bits per heavy atom. The van der Waals surface area contributed by atoms with Gasteiger partial charge in [0.05, 0.1) is 0 Å². The molecule has 0 atom stereocenters. The number of anilines is 18. The molecule has 0 N–H and O–H groups in total. The molecule has 0 saturated carbocycles. The summed E-state index contributed by atoms with van der Waals surface area (Å²) in [7, 11) is 0. The van der Waals surface area contributed by atoms with Crippen molar-refractivity contribution in [2.45, 2.75) is 0 Å². The van der Waals surface area contributed by atoms with Gasteiger partial charge < -0.3 is 0 Å². The molecule has 79 heavy (non-hydrogen) atoms. The van der Waals surface area contributed by atoms with Gasteiger partial charge in [-0.1, -0.05) is 0 Å². The molecule has 6 nitrogen and oxygen atoms in total. The van der Waals surface area contributed by atoms with Crippen LogP contribution in [-0.2, 0) is 0 Å². The van der Waals surface area contributed by atoms with E-state index in [1.54, 1.807) is 0 Å². The summed E-state index contributed by atoms with van der Waals surface area (Å²) < 4.78 is 3.05. The Morgan fingerprint density at radius 3 is 1.06 bits per heavy atom. The van der Waals surface area contributed by atoms with E-state index in [4.69, 9.17) is 0 Å². The van der Waals surface area contributed by atoms with Gasteiger partial charge in [-0.25, -0.2) is 0 Å². The van der Waals surface area contributed by atoms with Crippen molar-refractivity contribution in [1.29, 1.82) is 0 Å². The number of para-hydroxylation sites is 8. The number of hydrogen-bond donors (Lipinski definition) is 0. The van der Waals surface area contributed by atoms with Gasteiger partial charge in [-0.3, -0.25) is 0 Å². The van der Waals surface area contributed by atoms with Gasteiger partial charge >= 0.3 is 467 Å². The Balaban J connectivity index is 0.931. The quantitative estimate of drug-likeness (QED) is 0.162. The van der Waals surface area contributed by atoms with Crippen molar-refractivity contribution >= 4 is 161 Å². The van der Waals surface area contributed by atoms with Crippen molar-refractivity contribution in [3.05, 3.63) is 255 Å². The maximum absolute atomic E-state index is 2.69. The normalized spacial score (nSPS) is 14.4. The van der Waals surface area contributed by atoms with Crippen LogP contribution < -0.4 is 59.9 Å². The van der Waals surface area contributed by atoms with Gasteiger partial charge in [0, 0.05) is 0 Å². The van der Waals surface area contributed by atoms with Gasteiger partial charge in [0.25, 0.3) is 0 Å². The molecule has 0 fully saturated rings. The fourth-order valence-electron chi connectivity index (χ4n) is 14.7. The third-order valence-corrected chi connectivity index (χ3v) is 20.4. The third kappa shape index (κ3) is 5.43. The number of hydrogen-bond acceptors (Lipinski definition) is 6. The molecule has 0 spiro atoms. The van der Waals surface area contributed by atoms with E-state index < -0.39 is 0 Å². The summed E-state index contributed by atoms with van der Waals surface area (Å²) in [4.78, 5) is 15.6. The molecule has 19 rings (SSSR count). The zero-order chi connectivity index (χ0) is 51.2. The first-order valence-electron chi connectivity index (χ1n) is 27.3. The fraction of sp³-hybridized carbons (Fsp3) is 0. The van der Waals surface area contributed by atoms with Crippen LogP contribution in [0.1, 0.15) is 0 Å². The maximum atomic E-state index is 2.69. The molecule has 0 amide bonds. The average Bonchev–Trinajstić information content (AvgIpc) is 4.03. The van der Waals surface area contributed by atoms with E-state index in [1.165, 1.54) is 144 Å². The second-order valence-corrected chi connectivity index (χ2v) is 23.8. The Bertz CT molecular complexity index is 4620. The molecule has 0 unspecified atom stereocenters. The molecule has 7 aliphatic heterocycles. The molecule has 1 aromatic heterocycles. The van der Waals surface area contributed by atoms with Crippen molar-refractivity contribution < 1.29 is 0 Å². The molecule has 7 aliphatic rings. The zero-order valence-corrected chi connectivity index (χ0v) is 44.2. The van der Waals surface area contributed by atoms with Crippen molar-refractivity contribution in [2.24, 2.45) is 0 Å². The van der Waals surface area contributed by atoms with Gasteiger partial charge in [-0.15, -0.1) is 0 Å². The van der Waals surface area contributed by atoms with Crippen LogP contribution in [0.15, 0.2) is 255 Å². The molecule has 0 aliphatic carbocycles. The van der Waals surface area contributed by atoms with E-state index in [0.717, 1.165) is 11.4 Å². The van der Waals surface area contributed by atoms with Crippen LogP contribution in [-0.4, -0.2) is 27.9 Å². The topological polar surface area (TPSA) is 19.4 Å². The number of fused-ring (bicyclic) bond motifs is 17. The Kier molecular flexibility index (Phi) is 8.34. The van der Waals surface area contributed by atoms with Gasteiger partial charge in [0.2, 0.25) is 0 Å². The van der Waals surface area contributed by atoms with Crippen molar-refractivity contribution in [3.63, 3.8) is 0 Å². The van der Waals surface area contributed by atoms with Crippen molar-refractivity contribution in [3.8, 4) is 22.3 Å². The molecule has 9 heteroatoms. The average molecular weight is 1070 g/mol. The van der Waals surface area contributed by atoms with Gasteiger partial charge in [0.15, 0.2) is 0 Å². The zero-order valence-electron chi connectivity index (χ0n) is 42.5. The van der Waals surface area contributed by atoms with Crippen LogP contribution >= 0.6 is 0 Å². The predicted octanol–water partition coefficient (Wildman–Crippen LogP) is 14.1. The SMILES string of the molecule is c1ccc(-c2ccc3c(c2)B2c4[se]c5c6c4N(c4ccccc4N6c4ccc6c7c4B5c4ccc(-c5ccccc5)cc4N7c4ccccc4N6c4ccccc4)c4ccc5c(c42)N3c2ccccc2N5c2ccccc2)cc1. The van der Waals surface area contributed by atoms with Crippen LogP contribution in [0.5, 0.6) is 0 Å². The number of benzene rings is 11.